The fourth-order valence-electron chi connectivity index (χ4n) is 5.91. The van der Waals surface area contributed by atoms with Crippen molar-refractivity contribution in [3.05, 3.63) is 60.7 Å². The van der Waals surface area contributed by atoms with Crippen molar-refractivity contribution >= 4 is 49.7 Å². The van der Waals surface area contributed by atoms with Crippen molar-refractivity contribution in [2.75, 3.05) is 13.2 Å². The Balaban J connectivity index is 1.92. The third-order valence-electron chi connectivity index (χ3n) is 7.99. The van der Waals surface area contributed by atoms with Crippen LogP contribution in [0.3, 0.4) is 0 Å². The van der Waals surface area contributed by atoms with Crippen molar-refractivity contribution in [3.8, 4) is 11.5 Å². The Labute approximate surface area is 342 Å². The summed E-state index contributed by atoms with van der Waals surface area (Å²) in [5.41, 5.74) is 5.38. The Hall–Kier alpha value is -5.80. The molecule has 328 valence electrons. The standard InChI is InChI=1S/C37H44NO21P/c1-19(39)47-17-27-30(50-22(4)42)32(56-37(38)45)33(52-24(6)44)35(53-27)55-34-31(51-23(5)43)29(49-21(3)41)28(18-48-20(2)40)54-36(34)59-60(46,57-25-13-9-7-10-14-25)58-26-15-11-8-12-16-26/h7-16,27-36H,17-18H2,1-6H3,(H2,38,45)/t27-,28-,29+,30-,31-,32+,33+,34-,35+,36+/m1/s1. The molecule has 2 saturated heterocycles. The van der Waals surface area contributed by atoms with Gasteiger partial charge in [0.1, 0.15) is 36.9 Å². The number of para-hydroxylation sites is 2. The molecule has 2 fully saturated rings. The Morgan fingerprint density at radius 2 is 0.900 bits per heavy atom. The highest BCUT2D eigenvalue weighted by Crippen LogP contribution is 2.52. The number of ether oxygens (including phenoxy) is 10. The van der Waals surface area contributed by atoms with Crippen LogP contribution in [0.5, 0.6) is 11.5 Å². The molecule has 2 heterocycles. The SMILES string of the molecule is CC(=O)OC[C@H]1O[C@@H](OP(=O)(Oc2ccccc2)Oc2ccccc2)[C@H](O[C@@H]2O[C@H](COC(C)=O)[C@@H](OC(C)=O)[C@H](OC(N)=O)[C@@H]2OC(C)=O)[C@H](OC(C)=O)[C@H]1OC(C)=O. The number of hydrogen-bond acceptors (Lipinski definition) is 21. The van der Waals surface area contributed by atoms with Crippen LogP contribution in [0.25, 0.3) is 0 Å². The van der Waals surface area contributed by atoms with E-state index in [0.717, 1.165) is 41.5 Å². The molecule has 23 heteroatoms. The number of esters is 6. The molecule has 0 aliphatic carbocycles. The second-order valence-electron chi connectivity index (χ2n) is 12.9. The Bertz CT molecular complexity index is 1830. The lowest BCUT2D eigenvalue weighted by atomic mass is 9.96. The van der Waals surface area contributed by atoms with Crippen LogP contribution < -0.4 is 14.8 Å². The first-order valence-corrected chi connectivity index (χ1v) is 19.5. The minimum absolute atomic E-state index is 0.0300. The highest BCUT2D eigenvalue weighted by Gasteiger charge is 2.59. The van der Waals surface area contributed by atoms with E-state index in [1.54, 1.807) is 36.4 Å². The van der Waals surface area contributed by atoms with Gasteiger partial charge in [0.15, 0.2) is 42.9 Å². The lowest BCUT2D eigenvalue weighted by Crippen LogP contribution is -2.67. The number of phosphoric ester groups is 1. The van der Waals surface area contributed by atoms with E-state index in [1.807, 2.05) is 0 Å². The normalized spacial score (nSPS) is 26.2. The molecule has 2 aromatic rings. The van der Waals surface area contributed by atoms with E-state index < -0.39 is 124 Å². The zero-order chi connectivity index (χ0) is 44.1. The Kier molecular flexibility index (Phi) is 16.8. The van der Waals surface area contributed by atoms with E-state index in [-0.39, 0.29) is 11.5 Å². The van der Waals surface area contributed by atoms with Gasteiger partial charge >= 0.3 is 49.7 Å². The van der Waals surface area contributed by atoms with Gasteiger partial charge in [-0.15, -0.1) is 0 Å². The number of benzene rings is 2. The van der Waals surface area contributed by atoms with E-state index in [9.17, 15) is 38.1 Å². The Morgan fingerprint density at radius 3 is 1.30 bits per heavy atom. The summed E-state index contributed by atoms with van der Waals surface area (Å²) < 4.78 is 88.5. The molecule has 2 aromatic carbocycles. The van der Waals surface area contributed by atoms with E-state index >= 15 is 0 Å². The molecule has 60 heavy (non-hydrogen) atoms. The van der Waals surface area contributed by atoms with Gasteiger partial charge in [0.2, 0.25) is 6.29 Å². The topological polar surface area (TPSA) is 283 Å². The zero-order valence-corrected chi connectivity index (χ0v) is 34.0. The predicted octanol–water partition coefficient (Wildman–Crippen LogP) is 2.42. The third-order valence-corrected chi connectivity index (χ3v) is 9.32. The first kappa shape index (κ1) is 46.9. The number of primary amides is 1. The molecule has 0 unspecified atom stereocenters. The molecule has 0 spiro atoms. The van der Waals surface area contributed by atoms with Gasteiger partial charge in [-0.3, -0.25) is 28.8 Å². The van der Waals surface area contributed by atoms with Gasteiger partial charge in [0.05, 0.1) is 0 Å². The minimum Gasteiger partial charge on any atom is -0.463 e. The average molecular weight is 870 g/mol. The monoisotopic (exact) mass is 869 g/mol. The molecule has 2 N–H and O–H groups in total. The number of amides is 1. The van der Waals surface area contributed by atoms with Crippen LogP contribution in [0.4, 0.5) is 4.79 Å². The summed E-state index contributed by atoms with van der Waals surface area (Å²) in [6.45, 7) is 4.67. The maximum Gasteiger partial charge on any atom is 0.590 e. The quantitative estimate of drug-likeness (QED) is 0.136. The Morgan fingerprint density at radius 1 is 0.517 bits per heavy atom. The van der Waals surface area contributed by atoms with Crippen LogP contribution in [-0.4, -0.2) is 117 Å². The highest BCUT2D eigenvalue weighted by molar-refractivity contribution is 7.49. The van der Waals surface area contributed by atoms with Gasteiger partial charge in [-0.2, -0.15) is 0 Å². The van der Waals surface area contributed by atoms with Gasteiger partial charge in [-0.25, -0.2) is 13.9 Å². The molecular formula is C37H44NO21P. The summed E-state index contributed by atoms with van der Waals surface area (Å²) in [7, 11) is -5.01. The van der Waals surface area contributed by atoms with E-state index in [2.05, 4.69) is 0 Å². The van der Waals surface area contributed by atoms with Gasteiger partial charge in [0, 0.05) is 41.5 Å². The number of phosphoric acid groups is 1. The van der Waals surface area contributed by atoms with Crippen molar-refractivity contribution in [2.24, 2.45) is 5.73 Å². The molecule has 4 rings (SSSR count). The lowest BCUT2D eigenvalue weighted by Gasteiger charge is -2.48. The summed E-state index contributed by atoms with van der Waals surface area (Å²) in [5, 5.41) is 0. The number of hydrogen-bond donors (Lipinski definition) is 1. The maximum absolute atomic E-state index is 14.8. The third kappa shape index (κ3) is 13.9. The molecule has 1 amide bonds. The van der Waals surface area contributed by atoms with Crippen LogP contribution in [-0.2, 0) is 85.2 Å². The largest absolute Gasteiger partial charge is 0.590 e. The molecule has 0 saturated carbocycles. The van der Waals surface area contributed by atoms with Crippen molar-refractivity contribution in [1.29, 1.82) is 0 Å². The molecule has 10 atom stereocenters. The fourth-order valence-corrected chi connectivity index (χ4v) is 7.21. The van der Waals surface area contributed by atoms with Gasteiger partial charge in [-0.1, -0.05) is 36.4 Å². The van der Waals surface area contributed by atoms with E-state index in [4.69, 9.17) is 66.7 Å². The summed E-state index contributed by atoms with van der Waals surface area (Å²) in [6, 6.07) is 15.2. The molecule has 0 aromatic heterocycles. The molecule has 2 aliphatic heterocycles. The number of nitrogens with two attached hydrogens (primary N) is 1. The van der Waals surface area contributed by atoms with Crippen LogP contribution >= 0.6 is 7.82 Å². The fraction of sp³-hybridized carbons (Fsp3) is 0.486. The lowest BCUT2D eigenvalue weighted by molar-refractivity contribution is -0.359. The van der Waals surface area contributed by atoms with Gasteiger partial charge in [0.25, 0.3) is 0 Å². The maximum atomic E-state index is 14.8. The van der Waals surface area contributed by atoms with Crippen LogP contribution in [0.1, 0.15) is 41.5 Å². The van der Waals surface area contributed by atoms with Crippen LogP contribution in [0.15, 0.2) is 60.7 Å². The molecule has 0 bridgehead atoms. The average Bonchev–Trinajstić information content (AvgIpc) is 3.14. The van der Waals surface area contributed by atoms with Crippen LogP contribution in [0.2, 0.25) is 0 Å². The predicted molar refractivity (Wildman–Crippen MR) is 195 cm³/mol. The zero-order valence-electron chi connectivity index (χ0n) is 33.1. The summed E-state index contributed by atoms with van der Waals surface area (Å²) in [4.78, 5) is 86.4. The van der Waals surface area contributed by atoms with Gasteiger partial charge < -0.3 is 62.1 Å². The van der Waals surface area contributed by atoms with E-state index in [1.165, 1.54) is 24.3 Å². The second kappa shape index (κ2) is 21.5. The van der Waals surface area contributed by atoms with Crippen LogP contribution in [0, 0.1) is 0 Å². The number of carbonyl (C=O) groups excluding carboxylic acids is 7. The summed E-state index contributed by atoms with van der Waals surface area (Å²) in [6.07, 6.45) is -19.8. The summed E-state index contributed by atoms with van der Waals surface area (Å²) >= 11 is 0. The summed E-state index contributed by atoms with van der Waals surface area (Å²) in [5.74, 6) is -5.65. The molecular weight excluding hydrogens is 825 g/mol. The second-order valence-corrected chi connectivity index (χ2v) is 14.3. The first-order chi connectivity index (χ1) is 28.3. The molecule has 22 nitrogen and oxygen atoms in total. The highest BCUT2D eigenvalue weighted by atomic mass is 31.2. The van der Waals surface area contributed by atoms with E-state index in [0.29, 0.717) is 0 Å². The smallest absolute Gasteiger partial charge is 0.463 e. The van der Waals surface area contributed by atoms with Gasteiger partial charge in [-0.05, 0) is 24.3 Å². The molecule has 0 radical (unpaired) electrons. The number of carbonyl (C=O) groups is 7. The minimum atomic E-state index is -5.01. The molecule has 2 aliphatic rings. The van der Waals surface area contributed by atoms with Crippen molar-refractivity contribution < 1.29 is 99.1 Å². The van der Waals surface area contributed by atoms with Crippen molar-refractivity contribution in [3.63, 3.8) is 0 Å². The number of rotatable bonds is 17. The van der Waals surface area contributed by atoms with Crippen molar-refractivity contribution in [2.45, 2.75) is 103 Å². The van der Waals surface area contributed by atoms with Crippen molar-refractivity contribution in [1.82, 2.24) is 0 Å². The first-order valence-electron chi connectivity index (χ1n) is 18.0.